The van der Waals surface area contributed by atoms with Crippen LogP contribution in [0.1, 0.15) is 53.5 Å². The van der Waals surface area contributed by atoms with Gasteiger partial charge in [-0.1, -0.05) is 29.8 Å². The molecule has 0 bridgehead atoms. The van der Waals surface area contributed by atoms with Crippen LogP contribution in [0.25, 0.3) is 0 Å². The van der Waals surface area contributed by atoms with Crippen LogP contribution in [0.3, 0.4) is 0 Å². The molecule has 0 radical (unpaired) electrons. The molecule has 0 saturated carbocycles. The number of esters is 1. The molecule has 0 aromatic heterocycles. The minimum absolute atomic E-state index is 0.323. The molecule has 2 N–H and O–H groups in total. The molecule has 10 nitrogen and oxygen atoms in total. The predicted octanol–water partition coefficient (Wildman–Crippen LogP) is 5.12. The fourth-order valence-corrected chi connectivity index (χ4v) is 3.19. The monoisotopic (exact) mass is 567 g/mol. The summed E-state index contributed by atoms with van der Waals surface area (Å²) in [6.45, 7) is 11.2. The smallest absolute Gasteiger partial charge is 0.412 e. The van der Waals surface area contributed by atoms with Gasteiger partial charge < -0.3 is 34.5 Å². The summed E-state index contributed by atoms with van der Waals surface area (Å²) in [7, 11) is 1.54. The number of nitrogens with zero attached hydrogens (tertiary/aromatic N) is 1. The average Bonchev–Trinajstić information content (AvgIpc) is 2.84. The first-order valence-corrected chi connectivity index (χ1v) is 13.1. The predicted molar refractivity (Wildman–Crippen MR) is 151 cm³/mol. The van der Waals surface area contributed by atoms with E-state index in [-0.39, 0.29) is 0 Å². The summed E-state index contributed by atoms with van der Waals surface area (Å²) in [6.07, 6.45) is 5.49. The zero-order valence-corrected chi connectivity index (χ0v) is 24.7. The number of hydrogen-bond donors (Lipinski definition) is 2. The number of amides is 2. The zero-order chi connectivity index (χ0) is 29.5. The maximum absolute atomic E-state index is 12.5. The third-order valence-corrected chi connectivity index (χ3v) is 5.17. The van der Waals surface area contributed by atoms with Crippen molar-refractivity contribution in [1.82, 2.24) is 15.5 Å². The second-order valence-corrected chi connectivity index (χ2v) is 10.6. The first-order valence-electron chi connectivity index (χ1n) is 12.7. The molecule has 1 aromatic rings. The molecule has 0 aliphatic carbocycles. The van der Waals surface area contributed by atoms with Crippen molar-refractivity contribution in [2.75, 3.05) is 33.5 Å². The summed E-state index contributed by atoms with van der Waals surface area (Å²) in [5, 5.41) is 6.39. The number of carbonyl (C=O) groups is 3. The van der Waals surface area contributed by atoms with E-state index in [1.807, 2.05) is 25.1 Å². The first-order chi connectivity index (χ1) is 18.2. The van der Waals surface area contributed by atoms with Crippen molar-refractivity contribution in [3.05, 3.63) is 53.2 Å². The van der Waals surface area contributed by atoms with Crippen LogP contribution in [-0.4, -0.2) is 67.7 Å². The Morgan fingerprint density at radius 2 is 1.69 bits per heavy atom. The Morgan fingerprint density at radius 1 is 1.03 bits per heavy atom. The van der Waals surface area contributed by atoms with Gasteiger partial charge in [-0.2, -0.15) is 0 Å². The molecule has 0 atom stereocenters. The van der Waals surface area contributed by atoms with Crippen molar-refractivity contribution in [3.63, 3.8) is 0 Å². The van der Waals surface area contributed by atoms with E-state index >= 15 is 0 Å². The number of hydrogen-bond acceptors (Lipinski definition) is 8. The van der Waals surface area contributed by atoms with Gasteiger partial charge in [0.1, 0.15) is 11.4 Å². The Morgan fingerprint density at radius 3 is 2.31 bits per heavy atom. The van der Waals surface area contributed by atoms with E-state index in [0.717, 1.165) is 12.0 Å². The van der Waals surface area contributed by atoms with Crippen molar-refractivity contribution in [1.29, 1.82) is 0 Å². The van der Waals surface area contributed by atoms with Gasteiger partial charge in [0.05, 0.1) is 5.03 Å². The number of carbonyl (C=O) groups excluding carboxylic acids is 3. The Labute approximate surface area is 236 Å². The van der Waals surface area contributed by atoms with Crippen LogP contribution in [0, 0.1) is 0 Å². The Balaban J connectivity index is 2.36. The Kier molecular flexibility index (Phi) is 14.3. The van der Waals surface area contributed by atoms with E-state index in [0.29, 0.717) is 36.8 Å². The number of benzene rings is 1. The fraction of sp³-hybridized carbons (Fsp3) is 0.536. The Hall–Kier alpha value is -3.40. The highest BCUT2D eigenvalue weighted by Gasteiger charge is 2.32. The lowest BCUT2D eigenvalue weighted by Gasteiger charge is -2.24. The fourth-order valence-electron chi connectivity index (χ4n) is 2.98. The van der Waals surface area contributed by atoms with Crippen LogP contribution < -0.4 is 15.4 Å². The number of allylic oxidation sites excluding steroid dienone is 3. The number of halogens is 1. The molecule has 0 saturated heterocycles. The molecule has 0 unspecified atom stereocenters. The number of rotatable bonds is 14. The summed E-state index contributed by atoms with van der Waals surface area (Å²) in [6, 6.07) is 7.38. The summed E-state index contributed by atoms with van der Waals surface area (Å²) in [5.41, 5.74) is -0.796. The molecule has 0 heterocycles. The largest absolute Gasteiger partial charge is 0.476 e. The maximum atomic E-state index is 12.5. The van der Waals surface area contributed by atoms with Crippen LogP contribution in [-0.2, 0) is 25.4 Å². The molecule has 1 rings (SSSR count). The molecule has 1 aromatic carbocycles. The van der Waals surface area contributed by atoms with Gasteiger partial charge in [0.25, 0.3) is 0 Å². The second-order valence-electron chi connectivity index (χ2n) is 10.2. The van der Waals surface area contributed by atoms with Crippen LogP contribution >= 0.6 is 11.6 Å². The van der Waals surface area contributed by atoms with Crippen molar-refractivity contribution in [2.45, 2.75) is 65.6 Å². The minimum atomic E-state index is -1.30. The zero-order valence-electron chi connectivity index (χ0n) is 24.0. The van der Waals surface area contributed by atoms with Crippen molar-refractivity contribution in [2.24, 2.45) is 0 Å². The molecule has 0 aliphatic rings. The lowest BCUT2D eigenvalue weighted by atomic mass is 10.1. The van der Waals surface area contributed by atoms with Crippen LogP contribution in [0.2, 0.25) is 0 Å². The molecule has 0 aliphatic heterocycles. The molecule has 0 spiro atoms. The van der Waals surface area contributed by atoms with Crippen molar-refractivity contribution >= 4 is 29.8 Å². The molecular weight excluding hydrogens is 526 g/mol. The van der Waals surface area contributed by atoms with E-state index in [1.165, 1.54) is 4.90 Å². The number of nitrogens with one attached hydrogen (secondary N) is 2. The van der Waals surface area contributed by atoms with Gasteiger partial charge in [0, 0.05) is 32.9 Å². The molecule has 11 heteroatoms. The van der Waals surface area contributed by atoms with Gasteiger partial charge >= 0.3 is 18.2 Å². The lowest BCUT2D eigenvalue weighted by molar-refractivity contribution is -0.168. The molecule has 39 heavy (non-hydrogen) atoms. The van der Waals surface area contributed by atoms with E-state index in [2.05, 4.69) is 10.6 Å². The lowest BCUT2D eigenvalue weighted by Crippen LogP contribution is -2.40. The molecular formula is C28H42ClN3O7. The van der Waals surface area contributed by atoms with E-state index in [4.69, 9.17) is 30.5 Å². The van der Waals surface area contributed by atoms with Crippen molar-refractivity contribution < 1.29 is 33.3 Å². The minimum Gasteiger partial charge on any atom is -0.476 e. The third-order valence-electron chi connectivity index (χ3n) is 4.93. The first kappa shape index (κ1) is 33.6. The summed E-state index contributed by atoms with van der Waals surface area (Å²) >= 11 is 5.99. The quantitative estimate of drug-likeness (QED) is 0.138. The van der Waals surface area contributed by atoms with E-state index in [9.17, 15) is 14.4 Å². The van der Waals surface area contributed by atoms with Crippen molar-refractivity contribution in [3.8, 4) is 5.75 Å². The standard InChI is InChI=1S/C28H42ClN3O7/c1-8-10-22(29)19-30-17-15-21-11-13-23(14-12-21)38-28(5,6)24(33)36-20-37-26(35)32(7)18-9-16-31-25(34)39-27(2,3)4/h8,10-14,19,30H,9,15-18,20H2,1-7H3,(H,31,34)/b10-8-,22-19+. The number of ether oxygens (including phenoxy) is 4. The van der Waals surface area contributed by atoms with Gasteiger partial charge in [-0.3, -0.25) is 0 Å². The molecule has 0 fully saturated rings. The summed E-state index contributed by atoms with van der Waals surface area (Å²) in [5.74, 6) is -0.181. The highest BCUT2D eigenvalue weighted by molar-refractivity contribution is 6.31. The van der Waals surface area contributed by atoms with Gasteiger partial charge in [-0.05, 0) is 78.2 Å². The normalized spacial score (nSPS) is 12.1. The maximum Gasteiger partial charge on any atom is 0.412 e. The number of alkyl carbamates (subject to hydrolysis) is 1. The van der Waals surface area contributed by atoms with Gasteiger partial charge in [0.15, 0.2) is 5.60 Å². The SMILES string of the molecule is C/C=C\C(Cl)=C/NCCc1ccc(OC(C)(C)C(=O)OCOC(=O)N(C)CCCNC(=O)OC(C)(C)C)cc1. The molecule has 2 amide bonds. The van der Waals surface area contributed by atoms with Gasteiger partial charge in [0.2, 0.25) is 6.79 Å². The summed E-state index contributed by atoms with van der Waals surface area (Å²) < 4.78 is 21.0. The van der Waals surface area contributed by atoms with Gasteiger partial charge in [-0.25, -0.2) is 14.4 Å². The van der Waals surface area contributed by atoms with Crippen LogP contribution in [0.4, 0.5) is 9.59 Å². The highest BCUT2D eigenvalue weighted by atomic mass is 35.5. The third kappa shape index (κ3) is 14.9. The highest BCUT2D eigenvalue weighted by Crippen LogP contribution is 2.20. The Bertz CT molecular complexity index is 986. The van der Waals surface area contributed by atoms with E-state index < -0.39 is 36.2 Å². The average molecular weight is 568 g/mol. The van der Waals surface area contributed by atoms with Gasteiger partial charge in [-0.15, -0.1) is 0 Å². The topological polar surface area (TPSA) is 115 Å². The summed E-state index contributed by atoms with van der Waals surface area (Å²) in [4.78, 5) is 37.6. The second kappa shape index (κ2) is 16.5. The van der Waals surface area contributed by atoms with Crippen LogP contribution in [0.5, 0.6) is 5.75 Å². The van der Waals surface area contributed by atoms with E-state index in [1.54, 1.807) is 66.1 Å². The molecule has 218 valence electrons. The van der Waals surface area contributed by atoms with Crippen LogP contribution in [0.15, 0.2) is 47.6 Å².